The first kappa shape index (κ1) is 6.40. The molecule has 0 aromatic heterocycles. The van der Waals surface area contributed by atoms with Crippen molar-refractivity contribution in [3.8, 4) is 0 Å². The van der Waals surface area contributed by atoms with Gasteiger partial charge in [-0.3, -0.25) is 14.5 Å². The summed E-state index contributed by atoms with van der Waals surface area (Å²) in [5.41, 5.74) is 0. The minimum absolute atomic E-state index is 0.00231. The zero-order valence-electron chi connectivity index (χ0n) is 6.73. The Balaban J connectivity index is 2.03. The molecule has 12 heavy (non-hydrogen) atoms. The lowest BCUT2D eigenvalue weighted by atomic mass is 9.52. The third-order valence-electron chi connectivity index (χ3n) is 3.45. The molecule has 0 bridgehead atoms. The van der Waals surface area contributed by atoms with Crippen LogP contribution in [0, 0.1) is 23.7 Å². The Labute approximate surface area is 70.0 Å². The van der Waals surface area contributed by atoms with Gasteiger partial charge < -0.3 is 0 Å². The number of hydrogen-bond donors (Lipinski definition) is 0. The second kappa shape index (κ2) is 1.63. The van der Waals surface area contributed by atoms with Crippen LogP contribution in [-0.4, -0.2) is 23.8 Å². The second-order valence-corrected chi connectivity index (χ2v) is 3.83. The van der Waals surface area contributed by atoms with Gasteiger partial charge in [0, 0.05) is 7.05 Å². The Kier molecular flexibility index (Phi) is 0.868. The zero-order chi connectivity index (χ0) is 8.46. The molecule has 0 aromatic carbocycles. The van der Waals surface area contributed by atoms with E-state index in [0.29, 0.717) is 11.8 Å². The summed E-state index contributed by atoms with van der Waals surface area (Å²) in [7, 11) is 1.59. The SMILES string of the molecule is CN1C(=O)[C@@H]2[C@H](C1=O)C1C=C[C@@H]12. The minimum atomic E-state index is -0.00231. The molecule has 0 N–H and O–H groups in total. The number of carbonyl (C=O) groups is 2. The van der Waals surface area contributed by atoms with Crippen molar-refractivity contribution in [2.75, 3.05) is 7.05 Å². The number of nitrogens with zero attached hydrogens (tertiary/aromatic N) is 1. The maximum atomic E-state index is 11.4. The van der Waals surface area contributed by atoms with E-state index in [1.807, 2.05) is 0 Å². The molecule has 2 fully saturated rings. The summed E-state index contributed by atoms with van der Waals surface area (Å²) < 4.78 is 0. The minimum Gasteiger partial charge on any atom is -0.285 e. The van der Waals surface area contributed by atoms with Crippen LogP contribution in [0.1, 0.15) is 0 Å². The molecule has 2 aliphatic carbocycles. The molecule has 0 spiro atoms. The lowest BCUT2D eigenvalue weighted by molar-refractivity contribution is -0.137. The maximum absolute atomic E-state index is 11.4. The summed E-state index contributed by atoms with van der Waals surface area (Å²) in [6, 6.07) is 0. The van der Waals surface area contributed by atoms with Crippen LogP contribution < -0.4 is 0 Å². The van der Waals surface area contributed by atoms with Crippen molar-refractivity contribution >= 4 is 11.8 Å². The molecule has 0 aromatic rings. The first-order chi connectivity index (χ1) is 5.72. The van der Waals surface area contributed by atoms with Gasteiger partial charge in [-0.05, 0) is 11.8 Å². The number of hydrogen-bond acceptors (Lipinski definition) is 2. The number of imide groups is 1. The largest absolute Gasteiger partial charge is 0.285 e. The fourth-order valence-corrected chi connectivity index (χ4v) is 2.61. The Morgan fingerprint density at radius 2 is 1.50 bits per heavy atom. The van der Waals surface area contributed by atoms with Crippen molar-refractivity contribution in [3.63, 3.8) is 0 Å². The van der Waals surface area contributed by atoms with Crippen molar-refractivity contribution in [1.29, 1.82) is 0 Å². The van der Waals surface area contributed by atoms with Crippen molar-refractivity contribution in [2.24, 2.45) is 23.7 Å². The van der Waals surface area contributed by atoms with Gasteiger partial charge in [-0.1, -0.05) is 12.2 Å². The highest BCUT2D eigenvalue weighted by Gasteiger charge is 2.64. The van der Waals surface area contributed by atoms with Gasteiger partial charge >= 0.3 is 0 Å². The van der Waals surface area contributed by atoms with Crippen LogP contribution in [-0.2, 0) is 9.59 Å². The highest BCUT2D eigenvalue weighted by Crippen LogP contribution is 2.57. The van der Waals surface area contributed by atoms with Crippen molar-refractivity contribution in [1.82, 2.24) is 4.90 Å². The lowest BCUT2D eigenvalue weighted by Gasteiger charge is -2.48. The van der Waals surface area contributed by atoms with Crippen molar-refractivity contribution < 1.29 is 9.59 Å². The predicted molar refractivity (Wildman–Crippen MR) is 40.9 cm³/mol. The van der Waals surface area contributed by atoms with Crippen LogP contribution in [0.5, 0.6) is 0 Å². The molecule has 3 aliphatic rings. The first-order valence-electron chi connectivity index (χ1n) is 4.21. The lowest BCUT2D eigenvalue weighted by Crippen LogP contribution is -2.50. The highest BCUT2D eigenvalue weighted by molar-refractivity contribution is 6.07. The summed E-state index contributed by atoms with van der Waals surface area (Å²) in [4.78, 5) is 24.2. The zero-order valence-corrected chi connectivity index (χ0v) is 6.73. The monoisotopic (exact) mass is 163 g/mol. The van der Waals surface area contributed by atoms with E-state index in [2.05, 4.69) is 12.2 Å². The molecule has 0 radical (unpaired) electrons. The smallest absolute Gasteiger partial charge is 0.233 e. The molecule has 1 saturated carbocycles. The van der Waals surface area contributed by atoms with E-state index in [-0.39, 0.29) is 23.7 Å². The molecule has 1 heterocycles. The van der Waals surface area contributed by atoms with Gasteiger partial charge in [0.1, 0.15) is 0 Å². The molecule has 62 valence electrons. The molecule has 3 heteroatoms. The van der Waals surface area contributed by atoms with Crippen LogP contribution in [0.4, 0.5) is 0 Å². The van der Waals surface area contributed by atoms with E-state index in [1.54, 1.807) is 7.05 Å². The van der Waals surface area contributed by atoms with E-state index in [4.69, 9.17) is 0 Å². The topological polar surface area (TPSA) is 37.4 Å². The molecule has 1 unspecified atom stereocenters. The molecule has 3 nitrogen and oxygen atoms in total. The average molecular weight is 163 g/mol. The van der Waals surface area contributed by atoms with Gasteiger partial charge in [0.05, 0.1) is 11.8 Å². The van der Waals surface area contributed by atoms with Gasteiger partial charge in [-0.15, -0.1) is 0 Å². The van der Waals surface area contributed by atoms with E-state index in [9.17, 15) is 9.59 Å². The molecule has 2 amide bonds. The second-order valence-electron chi connectivity index (χ2n) is 3.83. The number of amides is 2. The summed E-state index contributed by atoms with van der Waals surface area (Å²) in [6.45, 7) is 0. The summed E-state index contributed by atoms with van der Waals surface area (Å²) in [5, 5.41) is 0. The molecule has 4 atom stereocenters. The highest BCUT2D eigenvalue weighted by atomic mass is 16.2. The van der Waals surface area contributed by atoms with E-state index >= 15 is 0 Å². The first-order valence-corrected chi connectivity index (χ1v) is 4.21. The molecular formula is C9H9NO2. The normalized spacial score (nSPS) is 48.2. The van der Waals surface area contributed by atoms with E-state index in [0.717, 1.165) is 0 Å². The Morgan fingerprint density at radius 3 is 1.83 bits per heavy atom. The fourth-order valence-electron chi connectivity index (χ4n) is 2.61. The number of rotatable bonds is 0. The maximum Gasteiger partial charge on any atom is 0.233 e. The number of fused-ring (bicyclic) bond motifs is 4. The molecule has 1 saturated heterocycles. The van der Waals surface area contributed by atoms with Gasteiger partial charge in [0.15, 0.2) is 0 Å². The van der Waals surface area contributed by atoms with Crippen LogP contribution in [0.3, 0.4) is 0 Å². The third-order valence-corrected chi connectivity index (χ3v) is 3.45. The van der Waals surface area contributed by atoms with Gasteiger partial charge in [0.25, 0.3) is 0 Å². The quantitative estimate of drug-likeness (QED) is 0.373. The van der Waals surface area contributed by atoms with E-state index in [1.165, 1.54) is 4.90 Å². The number of allylic oxidation sites excluding steroid dienone is 2. The predicted octanol–water partition coefficient (Wildman–Crippen LogP) is 0.0332. The Bertz CT molecular complexity index is 290. The van der Waals surface area contributed by atoms with Crippen LogP contribution in [0.15, 0.2) is 12.2 Å². The molecule has 3 rings (SSSR count). The summed E-state index contributed by atoms with van der Waals surface area (Å²) in [6.07, 6.45) is 4.10. The standard InChI is InChI=1S/C9H9NO2/c1-10-8(11)6-4-2-3-5(4)7(6)9(10)12/h2-7H,1H3/t4-,5?,6-,7+/m0/s1. The fraction of sp³-hybridized carbons (Fsp3) is 0.556. The van der Waals surface area contributed by atoms with Crippen molar-refractivity contribution in [2.45, 2.75) is 0 Å². The van der Waals surface area contributed by atoms with E-state index < -0.39 is 0 Å². The van der Waals surface area contributed by atoms with Crippen LogP contribution in [0.2, 0.25) is 0 Å². The summed E-state index contributed by atoms with van der Waals surface area (Å²) >= 11 is 0. The molecule has 1 aliphatic heterocycles. The third kappa shape index (κ3) is 0.428. The van der Waals surface area contributed by atoms with Crippen molar-refractivity contribution in [3.05, 3.63) is 12.2 Å². The number of likely N-dealkylation sites (tertiary alicyclic amines) is 1. The van der Waals surface area contributed by atoms with Crippen LogP contribution in [0.25, 0.3) is 0 Å². The Morgan fingerprint density at radius 1 is 1.08 bits per heavy atom. The van der Waals surface area contributed by atoms with Crippen LogP contribution >= 0.6 is 0 Å². The summed E-state index contributed by atoms with van der Waals surface area (Å²) in [5.74, 6) is 0.814. The molecular weight excluding hydrogens is 154 g/mol. The van der Waals surface area contributed by atoms with Gasteiger partial charge in [-0.2, -0.15) is 0 Å². The van der Waals surface area contributed by atoms with Gasteiger partial charge in [-0.25, -0.2) is 0 Å². The van der Waals surface area contributed by atoms with Gasteiger partial charge in [0.2, 0.25) is 11.8 Å². The Hall–Kier alpha value is -1.12. The number of carbonyl (C=O) groups excluding carboxylic acids is 2. The average Bonchev–Trinajstić information content (AvgIpc) is 2.18.